The van der Waals surface area contributed by atoms with Gasteiger partial charge in [0, 0.05) is 25.7 Å². The molecule has 0 spiro atoms. The predicted octanol–water partition coefficient (Wildman–Crippen LogP) is 3.11. The number of fused-ring (bicyclic) bond motifs is 1. The number of hydrogen-bond donors (Lipinski definition) is 0. The highest BCUT2D eigenvalue weighted by Crippen LogP contribution is 2.41. The number of likely N-dealkylation sites (tertiary alicyclic amines) is 1. The Kier molecular flexibility index (Phi) is 3.60. The highest BCUT2D eigenvalue weighted by molar-refractivity contribution is 6.02. The molecular weight excluding hydrogens is 300 g/mol. The molecule has 0 bridgehead atoms. The summed E-state index contributed by atoms with van der Waals surface area (Å²) in [5.74, 6) is -0.288. The molecule has 0 aromatic heterocycles. The molecule has 122 valence electrons. The molecule has 4 heteroatoms. The number of rotatable bonds is 2. The van der Waals surface area contributed by atoms with Gasteiger partial charge in [-0.15, -0.1) is 0 Å². The first-order valence-corrected chi connectivity index (χ1v) is 8.37. The van der Waals surface area contributed by atoms with Gasteiger partial charge in [0.2, 0.25) is 11.8 Å². The number of carbonyl (C=O) groups is 2. The molecule has 2 atom stereocenters. The summed E-state index contributed by atoms with van der Waals surface area (Å²) in [7, 11) is 1.78. The molecule has 0 saturated carbocycles. The van der Waals surface area contributed by atoms with Crippen LogP contribution in [0.2, 0.25) is 0 Å². The smallest absolute Gasteiger partial charge is 0.231 e. The molecule has 2 aromatic rings. The van der Waals surface area contributed by atoms with Gasteiger partial charge in [0.15, 0.2) is 0 Å². The average molecular weight is 320 g/mol. The van der Waals surface area contributed by atoms with Gasteiger partial charge in [-0.2, -0.15) is 0 Å². The van der Waals surface area contributed by atoms with Crippen molar-refractivity contribution in [2.75, 3.05) is 18.5 Å². The second-order valence-electron chi connectivity index (χ2n) is 6.52. The molecule has 24 heavy (non-hydrogen) atoms. The lowest BCUT2D eigenvalue weighted by atomic mass is 9.85. The van der Waals surface area contributed by atoms with E-state index < -0.39 is 0 Å². The van der Waals surface area contributed by atoms with Crippen LogP contribution in [-0.2, 0) is 9.59 Å². The Bertz CT molecular complexity index is 787. The minimum Gasteiger partial charge on any atom is -0.335 e. The van der Waals surface area contributed by atoms with E-state index in [0.717, 1.165) is 24.2 Å². The van der Waals surface area contributed by atoms with Gasteiger partial charge in [-0.3, -0.25) is 9.59 Å². The molecule has 2 aliphatic rings. The number of anilines is 1. The zero-order valence-corrected chi connectivity index (χ0v) is 13.7. The molecule has 0 N–H and O–H groups in total. The van der Waals surface area contributed by atoms with Gasteiger partial charge in [-0.25, -0.2) is 0 Å². The Hall–Kier alpha value is -2.62. The van der Waals surface area contributed by atoms with Crippen LogP contribution in [0.1, 0.15) is 35.9 Å². The molecule has 2 unspecified atom stereocenters. The maximum atomic E-state index is 13.1. The van der Waals surface area contributed by atoms with Crippen molar-refractivity contribution in [3.8, 4) is 0 Å². The Morgan fingerprint density at radius 2 is 1.75 bits per heavy atom. The van der Waals surface area contributed by atoms with Crippen molar-refractivity contribution in [2.24, 2.45) is 0 Å². The number of nitrogens with zero attached hydrogens (tertiary/aromatic N) is 2. The summed E-state index contributed by atoms with van der Waals surface area (Å²) in [6.07, 6.45) is 1.24. The summed E-state index contributed by atoms with van der Waals surface area (Å²) < 4.78 is 0. The lowest BCUT2D eigenvalue weighted by Crippen LogP contribution is -2.49. The molecule has 4 rings (SSSR count). The Balaban J connectivity index is 1.63. The number of carbonyl (C=O) groups excluding carboxylic acids is 2. The van der Waals surface area contributed by atoms with Gasteiger partial charge in [0.05, 0.1) is 12.0 Å². The van der Waals surface area contributed by atoms with E-state index in [9.17, 15) is 9.59 Å². The second-order valence-corrected chi connectivity index (χ2v) is 6.52. The van der Waals surface area contributed by atoms with Crippen LogP contribution in [0.4, 0.5) is 5.69 Å². The van der Waals surface area contributed by atoms with Crippen molar-refractivity contribution in [3.05, 3.63) is 65.7 Å². The minimum atomic E-state index is -0.364. The van der Waals surface area contributed by atoms with Gasteiger partial charge >= 0.3 is 0 Å². The van der Waals surface area contributed by atoms with Crippen LogP contribution in [-0.4, -0.2) is 30.3 Å². The van der Waals surface area contributed by atoms with Gasteiger partial charge < -0.3 is 9.80 Å². The van der Waals surface area contributed by atoms with Crippen molar-refractivity contribution in [1.29, 1.82) is 0 Å². The normalized spacial score (nSPS) is 22.8. The third kappa shape index (κ3) is 2.30. The largest absolute Gasteiger partial charge is 0.335 e. The molecule has 0 aliphatic carbocycles. The Labute approximate surface area is 141 Å². The van der Waals surface area contributed by atoms with Crippen LogP contribution < -0.4 is 4.90 Å². The summed E-state index contributed by atoms with van der Waals surface area (Å²) >= 11 is 0. The number of hydrogen-bond acceptors (Lipinski definition) is 2. The molecule has 1 fully saturated rings. The first-order chi connectivity index (χ1) is 11.7. The maximum absolute atomic E-state index is 13.1. The molecule has 2 aromatic carbocycles. The highest BCUT2D eigenvalue weighted by atomic mass is 16.2. The van der Waals surface area contributed by atoms with Crippen molar-refractivity contribution in [2.45, 2.75) is 24.8 Å². The van der Waals surface area contributed by atoms with Crippen LogP contribution in [0.3, 0.4) is 0 Å². The quantitative estimate of drug-likeness (QED) is 0.853. The fourth-order valence-electron chi connectivity index (χ4n) is 3.74. The lowest BCUT2D eigenvalue weighted by molar-refractivity contribution is -0.142. The van der Waals surface area contributed by atoms with Crippen molar-refractivity contribution < 1.29 is 9.59 Å². The summed E-state index contributed by atoms with van der Waals surface area (Å²) in [6.45, 7) is 0.765. The first-order valence-electron chi connectivity index (χ1n) is 8.37. The van der Waals surface area contributed by atoms with Crippen LogP contribution in [0.15, 0.2) is 54.6 Å². The zero-order valence-electron chi connectivity index (χ0n) is 13.7. The Morgan fingerprint density at radius 1 is 1.04 bits per heavy atom. The van der Waals surface area contributed by atoms with Crippen molar-refractivity contribution in [3.63, 3.8) is 0 Å². The fourth-order valence-corrected chi connectivity index (χ4v) is 3.74. The van der Waals surface area contributed by atoms with Crippen LogP contribution in [0, 0.1) is 0 Å². The summed E-state index contributed by atoms with van der Waals surface area (Å²) in [4.78, 5) is 29.0. The molecule has 2 heterocycles. The highest BCUT2D eigenvalue weighted by Gasteiger charge is 2.41. The molecule has 2 amide bonds. The summed E-state index contributed by atoms with van der Waals surface area (Å²) in [6, 6.07) is 18.0. The topological polar surface area (TPSA) is 40.6 Å². The van der Waals surface area contributed by atoms with Crippen molar-refractivity contribution in [1.82, 2.24) is 4.90 Å². The number of para-hydroxylation sites is 1. The maximum Gasteiger partial charge on any atom is 0.231 e. The van der Waals surface area contributed by atoms with E-state index in [1.54, 1.807) is 11.9 Å². The van der Waals surface area contributed by atoms with E-state index in [0.29, 0.717) is 0 Å². The van der Waals surface area contributed by atoms with E-state index in [1.165, 1.54) is 5.56 Å². The van der Waals surface area contributed by atoms with Gasteiger partial charge in [0.25, 0.3) is 0 Å². The average Bonchev–Trinajstić information content (AvgIpc) is 2.58. The summed E-state index contributed by atoms with van der Waals surface area (Å²) in [5, 5.41) is 0. The second kappa shape index (κ2) is 5.78. The molecular formula is C20H20N2O2. The molecule has 1 saturated heterocycles. The van der Waals surface area contributed by atoms with E-state index in [2.05, 4.69) is 12.1 Å². The predicted molar refractivity (Wildman–Crippen MR) is 92.7 cm³/mol. The summed E-state index contributed by atoms with van der Waals surface area (Å²) in [5.41, 5.74) is 2.98. The van der Waals surface area contributed by atoms with E-state index in [-0.39, 0.29) is 30.2 Å². The van der Waals surface area contributed by atoms with E-state index in [1.807, 2.05) is 47.4 Å². The third-order valence-electron chi connectivity index (χ3n) is 5.21. The zero-order chi connectivity index (χ0) is 16.7. The van der Waals surface area contributed by atoms with Crippen molar-refractivity contribution >= 4 is 17.5 Å². The standard InChI is InChI=1S/C20H20N2O2/c1-21-18-10-6-5-9-15(18)16(13-19(21)23)20(24)22-12-11-17(22)14-7-3-2-4-8-14/h2-10,16-17H,11-13H2,1H3. The van der Waals surface area contributed by atoms with Gasteiger partial charge in [0.1, 0.15) is 0 Å². The first kappa shape index (κ1) is 14.9. The van der Waals surface area contributed by atoms with Crippen LogP contribution in [0.5, 0.6) is 0 Å². The number of amides is 2. The van der Waals surface area contributed by atoms with Gasteiger partial charge in [-0.1, -0.05) is 48.5 Å². The van der Waals surface area contributed by atoms with Crippen LogP contribution >= 0.6 is 0 Å². The molecule has 0 radical (unpaired) electrons. The monoisotopic (exact) mass is 320 g/mol. The minimum absolute atomic E-state index is 0.00355. The molecule has 4 nitrogen and oxygen atoms in total. The SMILES string of the molecule is CN1C(=O)CC(C(=O)N2CCC2c2ccccc2)c2ccccc21. The van der Waals surface area contributed by atoms with E-state index in [4.69, 9.17) is 0 Å². The van der Waals surface area contributed by atoms with Gasteiger partial charge in [-0.05, 0) is 23.6 Å². The number of benzene rings is 2. The Morgan fingerprint density at radius 3 is 2.46 bits per heavy atom. The molecule has 2 aliphatic heterocycles. The van der Waals surface area contributed by atoms with E-state index >= 15 is 0 Å². The van der Waals surface area contributed by atoms with Crippen LogP contribution in [0.25, 0.3) is 0 Å². The fraction of sp³-hybridized carbons (Fsp3) is 0.300. The third-order valence-corrected chi connectivity index (χ3v) is 5.21. The lowest BCUT2D eigenvalue weighted by Gasteiger charge is -2.44.